The third-order valence-electron chi connectivity index (χ3n) is 3.78. The van der Waals surface area contributed by atoms with Gasteiger partial charge in [0.2, 0.25) is 0 Å². The molecule has 0 aromatic rings. The van der Waals surface area contributed by atoms with Gasteiger partial charge >= 0.3 is 0 Å². The average molecular weight is 342 g/mol. The van der Waals surface area contributed by atoms with Crippen molar-refractivity contribution in [2.24, 2.45) is 0 Å². The first-order chi connectivity index (χ1) is 10.4. The lowest BCUT2D eigenvalue weighted by atomic mass is 9.99. The van der Waals surface area contributed by atoms with E-state index in [-0.39, 0.29) is 0 Å². The molecule has 0 saturated carbocycles. The molecule has 0 spiro atoms. The van der Waals surface area contributed by atoms with Crippen molar-refractivity contribution < 1.29 is 44.8 Å². The van der Waals surface area contributed by atoms with Gasteiger partial charge in [0, 0.05) is 5.75 Å². The molecular formula is C12H22O9S. The molecule has 0 aliphatic carbocycles. The largest absolute Gasteiger partial charge is 0.394 e. The van der Waals surface area contributed by atoms with Gasteiger partial charge in [-0.3, -0.25) is 0 Å². The van der Waals surface area contributed by atoms with E-state index in [1.165, 1.54) is 11.8 Å². The zero-order chi connectivity index (χ0) is 16.4. The van der Waals surface area contributed by atoms with Crippen molar-refractivity contribution in [3.63, 3.8) is 0 Å². The van der Waals surface area contributed by atoms with Crippen molar-refractivity contribution in [2.75, 3.05) is 18.6 Å². The molecule has 2 aliphatic heterocycles. The zero-order valence-electron chi connectivity index (χ0n) is 11.9. The number of hydrogen-bond acceptors (Lipinski definition) is 10. The second kappa shape index (κ2) is 7.71. The lowest BCUT2D eigenvalue weighted by Gasteiger charge is -2.41. The molecule has 2 saturated heterocycles. The predicted molar refractivity (Wildman–Crippen MR) is 73.9 cm³/mol. The first kappa shape index (κ1) is 18.3. The second-order valence-corrected chi connectivity index (χ2v) is 6.22. The molecular weight excluding hydrogens is 320 g/mol. The van der Waals surface area contributed by atoms with Gasteiger partial charge in [-0.15, -0.1) is 0 Å². The molecule has 10 heteroatoms. The summed E-state index contributed by atoms with van der Waals surface area (Å²) in [4.78, 5) is 0. The standard InChI is InChI=1S/C12H22O9S/c1-22-3-5-6(14)9(17)12(20-5)21-10-4(2-13)19-11(18)8(16)7(10)15/h4-18H,2-3H2,1H3/t4?,5-,6?,7+,8?,9+,10+,11-,12-/m0/s1. The van der Waals surface area contributed by atoms with Crippen molar-refractivity contribution in [3.8, 4) is 0 Å². The van der Waals surface area contributed by atoms with E-state index in [0.717, 1.165) is 0 Å². The summed E-state index contributed by atoms with van der Waals surface area (Å²) < 4.78 is 15.7. The smallest absolute Gasteiger partial charge is 0.187 e. The minimum Gasteiger partial charge on any atom is -0.394 e. The van der Waals surface area contributed by atoms with Gasteiger partial charge < -0.3 is 44.8 Å². The molecule has 9 nitrogen and oxygen atoms in total. The van der Waals surface area contributed by atoms with Gasteiger partial charge in [-0.25, -0.2) is 0 Å². The van der Waals surface area contributed by atoms with Gasteiger partial charge in [-0.05, 0) is 6.26 Å². The van der Waals surface area contributed by atoms with Crippen molar-refractivity contribution in [2.45, 2.75) is 55.3 Å². The molecule has 0 aromatic carbocycles. The summed E-state index contributed by atoms with van der Waals surface area (Å²) in [6.07, 6.45) is -9.73. The number of aliphatic hydroxyl groups is 6. The van der Waals surface area contributed by atoms with Gasteiger partial charge in [0.05, 0.1) is 12.7 Å². The van der Waals surface area contributed by atoms with Crippen molar-refractivity contribution >= 4 is 11.8 Å². The molecule has 2 fully saturated rings. The average Bonchev–Trinajstić information content (AvgIpc) is 2.76. The summed E-state index contributed by atoms with van der Waals surface area (Å²) in [5, 5.41) is 58.0. The fraction of sp³-hybridized carbons (Fsp3) is 1.00. The van der Waals surface area contributed by atoms with E-state index in [1.807, 2.05) is 6.26 Å². The van der Waals surface area contributed by atoms with E-state index < -0.39 is 61.9 Å². The lowest BCUT2D eigenvalue weighted by Crippen LogP contribution is -2.60. The molecule has 130 valence electrons. The summed E-state index contributed by atoms with van der Waals surface area (Å²) >= 11 is 1.42. The SMILES string of the molecule is CSC[C@@H]1O[C@@H](O[C@@H]2C(CO)O[C@H](O)C(O)[C@H]2O)[C@H](O)C1O. The second-order valence-electron chi connectivity index (χ2n) is 5.31. The van der Waals surface area contributed by atoms with E-state index >= 15 is 0 Å². The van der Waals surface area contributed by atoms with E-state index in [9.17, 15) is 30.6 Å². The molecule has 2 rings (SSSR count). The number of rotatable bonds is 5. The van der Waals surface area contributed by atoms with E-state index in [4.69, 9.17) is 14.2 Å². The minimum atomic E-state index is -1.66. The van der Waals surface area contributed by atoms with E-state index in [2.05, 4.69) is 0 Å². The van der Waals surface area contributed by atoms with Crippen molar-refractivity contribution in [1.29, 1.82) is 0 Å². The van der Waals surface area contributed by atoms with Crippen LogP contribution < -0.4 is 0 Å². The highest BCUT2D eigenvalue weighted by atomic mass is 32.2. The van der Waals surface area contributed by atoms with Crippen LogP contribution in [0.1, 0.15) is 0 Å². The zero-order valence-corrected chi connectivity index (χ0v) is 12.7. The summed E-state index contributed by atoms with van der Waals surface area (Å²) in [7, 11) is 0. The highest BCUT2D eigenvalue weighted by Gasteiger charge is 2.49. The molecule has 22 heavy (non-hydrogen) atoms. The summed E-state index contributed by atoms with van der Waals surface area (Å²) in [6.45, 7) is -0.578. The van der Waals surface area contributed by atoms with Crippen LogP contribution in [0, 0.1) is 0 Å². The molecule has 0 aromatic heterocycles. The van der Waals surface area contributed by atoms with Gasteiger partial charge in [-0.2, -0.15) is 11.8 Å². The molecule has 6 N–H and O–H groups in total. The van der Waals surface area contributed by atoms with Crippen LogP contribution in [-0.4, -0.2) is 105 Å². The molecule has 0 radical (unpaired) electrons. The Hall–Kier alpha value is -0.0100. The first-order valence-corrected chi connectivity index (χ1v) is 8.26. The van der Waals surface area contributed by atoms with Crippen LogP contribution in [0.15, 0.2) is 0 Å². The number of thioether (sulfide) groups is 1. The Bertz CT molecular complexity index is 357. The summed E-state index contributed by atoms with van der Waals surface area (Å²) in [5.74, 6) is 0.437. The van der Waals surface area contributed by atoms with Gasteiger partial charge in [-0.1, -0.05) is 0 Å². The minimum absolute atomic E-state index is 0.437. The van der Waals surface area contributed by atoms with E-state index in [1.54, 1.807) is 0 Å². The Kier molecular flexibility index (Phi) is 6.42. The van der Waals surface area contributed by atoms with Crippen LogP contribution in [0.4, 0.5) is 0 Å². The molecule has 9 atom stereocenters. The Labute approximate surface area is 131 Å². The maximum atomic E-state index is 9.96. The molecule has 0 bridgehead atoms. The Balaban J connectivity index is 2.04. The topological polar surface area (TPSA) is 149 Å². The first-order valence-electron chi connectivity index (χ1n) is 6.87. The van der Waals surface area contributed by atoms with Crippen molar-refractivity contribution in [1.82, 2.24) is 0 Å². The predicted octanol–water partition coefficient (Wildman–Crippen LogP) is -3.39. The van der Waals surface area contributed by atoms with Crippen LogP contribution in [0.2, 0.25) is 0 Å². The normalized spacial score (nSPS) is 49.5. The number of aliphatic hydroxyl groups excluding tert-OH is 6. The number of hydrogen-bond donors (Lipinski definition) is 6. The Morgan fingerprint density at radius 1 is 0.909 bits per heavy atom. The van der Waals surface area contributed by atoms with Crippen LogP contribution in [0.25, 0.3) is 0 Å². The maximum Gasteiger partial charge on any atom is 0.187 e. The molecule has 2 aliphatic rings. The van der Waals surface area contributed by atoms with Crippen LogP contribution >= 0.6 is 11.8 Å². The number of ether oxygens (including phenoxy) is 3. The van der Waals surface area contributed by atoms with Gasteiger partial charge in [0.15, 0.2) is 12.6 Å². The third kappa shape index (κ3) is 3.56. The molecule has 3 unspecified atom stereocenters. The molecule has 0 amide bonds. The van der Waals surface area contributed by atoms with Crippen molar-refractivity contribution in [3.05, 3.63) is 0 Å². The monoisotopic (exact) mass is 342 g/mol. The highest BCUT2D eigenvalue weighted by molar-refractivity contribution is 7.98. The lowest BCUT2D eigenvalue weighted by molar-refractivity contribution is -0.320. The fourth-order valence-corrected chi connectivity index (χ4v) is 3.12. The van der Waals surface area contributed by atoms with Crippen LogP contribution in [-0.2, 0) is 14.2 Å². The van der Waals surface area contributed by atoms with Crippen LogP contribution in [0.5, 0.6) is 0 Å². The van der Waals surface area contributed by atoms with Crippen LogP contribution in [0.3, 0.4) is 0 Å². The molecule has 2 heterocycles. The summed E-state index contributed by atoms with van der Waals surface area (Å²) in [6, 6.07) is 0. The quantitative estimate of drug-likeness (QED) is 0.299. The summed E-state index contributed by atoms with van der Waals surface area (Å²) in [5.41, 5.74) is 0. The Morgan fingerprint density at radius 2 is 1.59 bits per heavy atom. The fourth-order valence-electron chi connectivity index (χ4n) is 2.52. The third-order valence-corrected chi connectivity index (χ3v) is 4.44. The Morgan fingerprint density at radius 3 is 2.18 bits per heavy atom. The maximum absolute atomic E-state index is 9.96. The van der Waals surface area contributed by atoms with E-state index in [0.29, 0.717) is 5.75 Å². The van der Waals surface area contributed by atoms with Gasteiger partial charge in [0.25, 0.3) is 0 Å². The highest BCUT2D eigenvalue weighted by Crippen LogP contribution is 2.29. The van der Waals surface area contributed by atoms with Gasteiger partial charge in [0.1, 0.15) is 36.6 Å².